The SMILES string of the molecule is NCC(=O)OCc1ccccc1[N+](=O)[O-]. The second kappa shape index (κ2) is 5.06. The number of rotatable bonds is 4. The molecule has 80 valence electrons. The third kappa shape index (κ3) is 3.03. The first-order valence-electron chi connectivity index (χ1n) is 4.23. The molecule has 1 rings (SSSR count). The molecule has 0 unspecified atom stereocenters. The van der Waals surface area contributed by atoms with Crippen molar-refractivity contribution in [2.45, 2.75) is 6.61 Å². The largest absolute Gasteiger partial charge is 0.460 e. The molecule has 0 aromatic heterocycles. The van der Waals surface area contributed by atoms with Gasteiger partial charge in [0.1, 0.15) is 6.61 Å². The Morgan fingerprint density at radius 2 is 2.13 bits per heavy atom. The summed E-state index contributed by atoms with van der Waals surface area (Å²) in [6.45, 7) is -0.367. The normalized spacial score (nSPS) is 9.67. The highest BCUT2D eigenvalue weighted by Gasteiger charge is 2.13. The lowest BCUT2D eigenvalue weighted by molar-refractivity contribution is -0.385. The van der Waals surface area contributed by atoms with Crippen LogP contribution in [-0.2, 0) is 16.1 Å². The van der Waals surface area contributed by atoms with E-state index in [1.807, 2.05) is 0 Å². The zero-order valence-electron chi connectivity index (χ0n) is 7.88. The molecule has 0 aliphatic heterocycles. The van der Waals surface area contributed by atoms with Crippen molar-refractivity contribution in [3.05, 3.63) is 39.9 Å². The minimum atomic E-state index is -0.590. The van der Waals surface area contributed by atoms with Crippen molar-refractivity contribution in [1.29, 1.82) is 0 Å². The molecular formula is C9H10N2O4. The molecule has 0 heterocycles. The molecule has 6 heteroatoms. The van der Waals surface area contributed by atoms with Crippen LogP contribution in [0.25, 0.3) is 0 Å². The Morgan fingerprint density at radius 3 is 2.73 bits per heavy atom. The van der Waals surface area contributed by atoms with Crippen LogP contribution in [0.2, 0.25) is 0 Å². The predicted molar refractivity (Wildman–Crippen MR) is 51.9 cm³/mol. The number of nitrogens with zero attached hydrogens (tertiary/aromatic N) is 1. The molecule has 6 nitrogen and oxygen atoms in total. The Labute approximate surface area is 85.8 Å². The number of nitro benzene ring substituents is 1. The van der Waals surface area contributed by atoms with Gasteiger partial charge in [0.25, 0.3) is 5.69 Å². The topological polar surface area (TPSA) is 95.5 Å². The molecule has 2 N–H and O–H groups in total. The summed E-state index contributed by atoms with van der Waals surface area (Å²) in [5, 5.41) is 10.6. The van der Waals surface area contributed by atoms with Gasteiger partial charge >= 0.3 is 5.97 Å². The Morgan fingerprint density at radius 1 is 1.47 bits per heavy atom. The van der Waals surface area contributed by atoms with E-state index in [-0.39, 0.29) is 18.8 Å². The maximum absolute atomic E-state index is 10.7. The van der Waals surface area contributed by atoms with E-state index in [1.165, 1.54) is 12.1 Å². The zero-order valence-corrected chi connectivity index (χ0v) is 7.88. The second-order valence-electron chi connectivity index (χ2n) is 2.75. The van der Waals surface area contributed by atoms with Gasteiger partial charge in [-0.15, -0.1) is 0 Å². The predicted octanol–water partition coefficient (Wildman–Crippen LogP) is 0.597. The number of esters is 1. The van der Waals surface area contributed by atoms with Crippen LogP contribution in [0.5, 0.6) is 0 Å². The van der Waals surface area contributed by atoms with Crippen molar-refractivity contribution < 1.29 is 14.5 Å². The smallest absolute Gasteiger partial charge is 0.320 e. The third-order valence-electron chi connectivity index (χ3n) is 1.74. The van der Waals surface area contributed by atoms with E-state index >= 15 is 0 Å². The van der Waals surface area contributed by atoms with Crippen molar-refractivity contribution in [2.75, 3.05) is 6.54 Å². The minimum Gasteiger partial charge on any atom is -0.460 e. The molecule has 0 spiro atoms. The molecule has 0 fully saturated rings. The molecule has 0 radical (unpaired) electrons. The van der Waals surface area contributed by atoms with Crippen molar-refractivity contribution in [3.8, 4) is 0 Å². The van der Waals surface area contributed by atoms with E-state index in [9.17, 15) is 14.9 Å². The summed E-state index contributed by atoms with van der Waals surface area (Å²) < 4.78 is 4.70. The highest BCUT2D eigenvalue weighted by atomic mass is 16.6. The molecule has 15 heavy (non-hydrogen) atoms. The minimum absolute atomic E-state index is 0.0673. The summed E-state index contributed by atoms with van der Waals surface area (Å²) in [4.78, 5) is 20.8. The number of nitro groups is 1. The van der Waals surface area contributed by atoms with Crippen molar-refractivity contribution in [2.24, 2.45) is 5.73 Å². The third-order valence-corrected chi connectivity index (χ3v) is 1.74. The number of carbonyl (C=O) groups is 1. The number of ether oxygens (including phenoxy) is 1. The molecule has 0 atom stereocenters. The van der Waals surface area contributed by atoms with Crippen LogP contribution in [0.1, 0.15) is 5.56 Å². The van der Waals surface area contributed by atoms with Gasteiger partial charge in [-0.05, 0) is 6.07 Å². The first-order chi connectivity index (χ1) is 7.15. The van der Waals surface area contributed by atoms with E-state index < -0.39 is 10.9 Å². The molecule has 1 aromatic rings. The van der Waals surface area contributed by atoms with E-state index in [1.54, 1.807) is 12.1 Å². The molecule has 0 saturated heterocycles. The number of hydrogen-bond donors (Lipinski definition) is 1. The average Bonchev–Trinajstić information content (AvgIpc) is 2.26. The lowest BCUT2D eigenvalue weighted by atomic mass is 10.2. The zero-order chi connectivity index (χ0) is 11.3. The highest BCUT2D eigenvalue weighted by Crippen LogP contribution is 2.18. The van der Waals surface area contributed by atoms with E-state index in [2.05, 4.69) is 0 Å². The molecule has 0 aliphatic carbocycles. The van der Waals surface area contributed by atoms with Crippen LogP contribution >= 0.6 is 0 Å². The van der Waals surface area contributed by atoms with Crippen LogP contribution in [0.3, 0.4) is 0 Å². The summed E-state index contributed by atoms with van der Waals surface area (Å²) in [7, 11) is 0. The number of para-hydroxylation sites is 1. The first kappa shape index (κ1) is 11.1. The molecular weight excluding hydrogens is 200 g/mol. The average molecular weight is 210 g/mol. The standard InChI is InChI=1S/C9H10N2O4/c10-5-9(12)15-6-7-3-1-2-4-8(7)11(13)14/h1-4H,5-6,10H2. The van der Waals surface area contributed by atoms with Gasteiger partial charge in [-0.3, -0.25) is 14.9 Å². The van der Waals surface area contributed by atoms with Crippen LogP contribution in [0, 0.1) is 10.1 Å². The summed E-state index contributed by atoms with van der Waals surface area (Å²) in [5.74, 6) is -0.590. The van der Waals surface area contributed by atoms with E-state index in [4.69, 9.17) is 10.5 Å². The molecule has 0 aliphatic rings. The summed E-state index contributed by atoms with van der Waals surface area (Å²) in [6.07, 6.45) is 0. The van der Waals surface area contributed by atoms with E-state index in [0.29, 0.717) is 5.56 Å². The fourth-order valence-electron chi connectivity index (χ4n) is 1.03. The van der Waals surface area contributed by atoms with Gasteiger partial charge in [-0.25, -0.2) is 0 Å². The maximum atomic E-state index is 10.7. The van der Waals surface area contributed by atoms with E-state index in [0.717, 1.165) is 0 Å². The first-order valence-corrected chi connectivity index (χ1v) is 4.23. The summed E-state index contributed by atoms with van der Waals surface area (Å²) in [6, 6.07) is 6.07. The Balaban J connectivity index is 2.76. The number of nitrogens with two attached hydrogens (primary N) is 1. The van der Waals surface area contributed by atoms with Gasteiger partial charge in [-0.1, -0.05) is 12.1 Å². The fraction of sp³-hybridized carbons (Fsp3) is 0.222. The van der Waals surface area contributed by atoms with Gasteiger partial charge in [0.2, 0.25) is 0 Å². The molecule has 0 amide bonds. The van der Waals surface area contributed by atoms with Crippen LogP contribution in [0.4, 0.5) is 5.69 Å². The Bertz CT molecular complexity index is 378. The van der Waals surface area contributed by atoms with Crippen LogP contribution in [0.15, 0.2) is 24.3 Å². The summed E-state index contributed by atoms with van der Waals surface area (Å²) >= 11 is 0. The van der Waals surface area contributed by atoms with Gasteiger partial charge in [0, 0.05) is 6.07 Å². The molecule has 0 saturated carbocycles. The van der Waals surface area contributed by atoms with Crippen molar-refractivity contribution in [3.63, 3.8) is 0 Å². The second-order valence-corrected chi connectivity index (χ2v) is 2.75. The number of benzene rings is 1. The molecule has 1 aromatic carbocycles. The van der Waals surface area contributed by atoms with Crippen LogP contribution < -0.4 is 5.73 Å². The van der Waals surface area contributed by atoms with Gasteiger partial charge < -0.3 is 10.5 Å². The Hall–Kier alpha value is -1.95. The Kier molecular flexibility index (Phi) is 3.75. The van der Waals surface area contributed by atoms with Gasteiger partial charge in [0.15, 0.2) is 0 Å². The monoisotopic (exact) mass is 210 g/mol. The fourth-order valence-corrected chi connectivity index (χ4v) is 1.03. The summed E-state index contributed by atoms with van der Waals surface area (Å²) in [5.41, 5.74) is 5.31. The number of hydrogen-bond acceptors (Lipinski definition) is 5. The lowest BCUT2D eigenvalue weighted by Crippen LogP contribution is -2.16. The number of carbonyl (C=O) groups excluding carboxylic acids is 1. The van der Waals surface area contributed by atoms with Crippen molar-refractivity contribution >= 4 is 11.7 Å². The van der Waals surface area contributed by atoms with Crippen LogP contribution in [-0.4, -0.2) is 17.4 Å². The van der Waals surface area contributed by atoms with Gasteiger partial charge in [-0.2, -0.15) is 0 Å². The van der Waals surface area contributed by atoms with Crippen molar-refractivity contribution in [1.82, 2.24) is 0 Å². The quantitative estimate of drug-likeness (QED) is 0.446. The maximum Gasteiger partial charge on any atom is 0.320 e. The van der Waals surface area contributed by atoms with Gasteiger partial charge in [0.05, 0.1) is 17.0 Å². The lowest BCUT2D eigenvalue weighted by Gasteiger charge is -2.03. The highest BCUT2D eigenvalue weighted by molar-refractivity contribution is 5.71. The molecule has 0 bridgehead atoms.